The predicted molar refractivity (Wildman–Crippen MR) is 65.8 cm³/mol. The third-order valence-electron chi connectivity index (χ3n) is 3.92. The zero-order valence-electron chi connectivity index (χ0n) is 10.7. The topological polar surface area (TPSA) is 41.2 Å². The van der Waals surface area contributed by atoms with Crippen molar-refractivity contribution >= 4 is 0 Å². The molecule has 94 valence electrons. The fraction of sp³-hybridized carbons (Fsp3) is 0.769. The zero-order valence-corrected chi connectivity index (χ0v) is 10.7. The first-order valence-corrected chi connectivity index (χ1v) is 6.54. The Kier molecular flexibility index (Phi) is 2.71. The Balaban J connectivity index is 1.74. The minimum atomic E-state index is -0.215. The molecule has 1 saturated heterocycles. The van der Waals surface area contributed by atoms with Gasteiger partial charge in [0.05, 0.1) is 18.5 Å². The summed E-state index contributed by atoms with van der Waals surface area (Å²) < 4.78 is 6.01. The van der Waals surface area contributed by atoms with E-state index in [2.05, 4.69) is 28.9 Å². The van der Waals surface area contributed by atoms with Gasteiger partial charge in [-0.25, -0.2) is 0 Å². The molecule has 1 aromatic heterocycles. The molecule has 0 bridgehead atoms. The molecular formula is C13H21N3O. The summed E-state index contributed by atoms with van der Waals surface area (Å²) in [6, 6.07) is 0. The van der Waals surface area contributed by atoms with Gasteiger partial charge in [-0.2, -0.15) is 5.10 Å². The predicted octanol–water partition coefficient (Wildman–Crippen LogP) is 1.68. The van der Waals surface area contributed by atoms with Crippen molar-refractivity contribution in [3.05, 3.63) is 17.5 Å². The molecule has 1 N–H and O–H groups in total. The van der Waals surface area contributed by atoms with Crippen molar-refractivity contribution in [1.29, 1.82) is 0 Å². The smallest absolute Gasteiger partial charge is 0.119 e. The van der Waals surface area contributed by atoms with Gasteiger partial charge in [-0.15, -0.1) is 0 Å². The highest BCUT2D eigenvalue weighted by atomic mass is 16.5. The average molecular weight is 235 g/mol. The largest absolute Gasteiger partial charge is 0.366 e. The number of aromatic amines is 1. The van der Waals surface area contributed by atoms with Crippen molar-refractivity contribution in [3.8, 4) is 0 Å². The van der Waals surface area contributed by atoms with E-state index in [9.17, 15) is 0 Å². The Morgan fingerprint density at radius 2 is 2.41 bits per heavy atom. The maximum atomic E-state index is 6.01. The summed E-state index contributed by atoms with van der Waals surface area (Å²) in [5.74, 6) is 0.945. The maximum Gasteiger partial charge on any atom is 0.119 e. The van der Waals surface area contributed by atoms with Crippen LogP contribution < -0.4 is 0 Å². The molecule has 4 heteroatoms. The Bertz CT molecular complexity index is 399. The first-order valence-electron chi connectivity index (χ1n) is 6.54. The van der Waals surface area contributed by atoms with Crippen LogP contribution in [0.1, 0.15) is 31.0 Å². The van der Waals surface area contributed by atoms with E-state index in [-0.39, 0.29) is 5.60 Å². The highest BCUT2D eigenvalue weighted by Crippen LogP contribution is 2.34. The molecule has 0 aromatic carbocycles. The summed E-state index contributed by atoms with van der Waals surface area (Å²) in [6.07, 6.45) is 4.71. The Morgan fingerprint density at radius 3 is 3.06 bits per heavy atom. The van der Waals surface area contributed by atoms with E-state index >= 15 is 0 Å². The highest BCUT2D eigenvalue weighted by Gasteiger charge is 2.37. The first kappa shape index (κ1) is 11.2. The molecule has 2 heterocycles. The number of ether oxygens (including phenoxy) is 1. The summed E-state index contributed by atoms with van der Waals surface area (Å²) in [4.78, 5) is 2.54. The minimum absolute atomic E-state index is 0.215. The lowest BCUT2D eigenvalue weighted by atomic mass is 9.97. The van der Waals surface area contributed by atoms with Gasteiger partial charge in [0.25, 0.3) is 0 Å². The fourth-order valence-corrected chi connectivity index (χ4v) is 2.81. The lowest BCUT2D eigenvalue weighted by molar-refractivity contribution is -0.106. The molecule has 2 aliphatic rings. The number of nitrogens with one attached hydrogen (secondary N) is 1. The van der Waals surface area contributed by atoms with Crippen molar-refractivity contribution in [2.45, 2.75) is 32.3 Å². The van der Waals surface area contributed by atoms with Gasteiger partial charge in [0.1, 0.15) is 5.60 Å². The number of aryl methyl sites for hydroxylation is 1. The lowest BCUT2D eigenvalue weighted by Gasteiger charge is -2.40. The van der Waals surface area contributed by atoms with Crippen LogP contribution in [0.5, 0.6) is 0 Å². The number of hydrogen-bond acceptors (Lipinski definition) is 3. The molecule has 4 nitrogen and oxygen atoms in total. The van der Waals surface area contributed by atoms with Gasteiger partial charge in [-0.05, 0) is 38.2 Å². The molecule has 1 atom stereocenters. The van der Waals surface area contributed by atoms with Gasteiger partial charge >= 0.3 is 0 Å². The third-order valence-corrected chi connectivity index (χ3v) is 3.92. The van der Waals surface area contributed by atoms with Gasteiger partial charge in [0.15, 0.2) is 0 Å². The number of rotatable bonds is 3. The zero-order chi connectivity index (χ0) is 11.9. The van der Waals surface area contributed by atoms with Crippen molar-refractivity contribution in [2.24, 2.45) is 5.92 Å². The quantitative estimate of drug-likeness (QED) is 0.866. The molecule has 0 spiro atoms. The SMILES string of the molecule is Cc1cn[nH]c1[C@]1(C)CN(CC2CC2)CCO1. The molecule has 1 aliphatic carbocycles. The average Bonchev–Trinajstić information content (AvgIpc) is 2.97. The number of H-pyrrole nitrogens is 1. The fourth-order valence-electron chi connectivity index (χ4n) is 2.81. The second-order valence-corrected chi connectivity index (χ2v) is 5.69. The first-order chi connectivity index (χ1) is 8.17. The van der Waals surface area contributed by atoms with Crippen LogP contribution in [0.2, 0.25) is 0 Å². The van der Waals surface area contributed by atoms with Crippen LogP contribution in [0.3, 0.4) is 0 Å². The van der Waals surface area contributed by atoms with Crippen molar-refractivity contribution in [2.75, 3.05) is 26.2 Å². The van der Waals surface area contributed by atoms with Crippen molar-refractivity contribution in [1.82, 2.24) is 15.1 Å². The van der Waals surface area contributed by atoms with Crippen LogP contribution in [-0.4, -0.2) is 41.3 Å². The summed E-state index contributed by atoms with van der Waals surface area (Å²) in [7, 11) is 0. The molecule has 3 rings (SSSR count). The second kappa shape index (κ2) is 4.10. The van der Waals surface area contributed by atoms with Crippen molar-refractivity contribution < 1.29 is 4.74 Å². The normalized spacial score (nSPS) is 30.7. The van der Waals surface area contributed by atoms with Gasteiger partial charge in [0, 0.05) is 19.6 Å². The monoisotopic (exact) mass is 235 g/mol. The van der Waals surface area contributed by atoms with Crippen LogP contribution in [-0.2, 0) is 10.3 Å². The summed E-state index contributed by atoms with van der Waals surface area (Å²) in [5, 5.41) is 7.22. The molecule has 0 unspecified atom stereocenters. The molecule has 0 amide bonds. The molecule has 1 saturated carbocycles. The van der Waals surface area contributed by atoms with Gasteiger partial charge in [-0.1, -0.05) is 0 Å². The highest BCUT2D eigenvalue weighted by molar-refractivity contribution is 5.22. The Hall–Kier alpha value is -0.870. The number of hydrogen-bond donors (Lipinski definition) is 1. The third kappa shape index (κ3) is 2.24. The molecule has 0 radical (unpaired) electrons. The molecule has 1 aliphatic heterocycles. The molecule has 1 aromatic rings. The molecule has 17 heavy (non-hydrogen) atoms. The van der Waals surface area contributed by atoms with Crippen LogP contribution >= 0.6 is 0 Å². The van der Waals surface area contributed by atoms with E-state index in [1.165, 1.54) is 24.9 Å². The lowest BCUT2D eigenvalue weighted by Crippen LogP contribution is -2.49. The number of nitrogens with zero attached hydrogens (tertiary/aromatic N) is 2. The van der Waals surface area contributed by atoms with Crippen LogP contribution in [0.15, 0.2) is 6.20 Å². The van der Waals surface area contributed by atoms with Crippen LogP contribution in [0, 0.1) is 12.8 Å². The standard InChI is InChI=1S/C13H21N3O/c1-10-7-14-15-12(10)13(2)9-16(5-6-17-13)8-11-3-4-11/h7,11H,3-6,8-9H2,1-2H3,(H,14,15)/t13-/m0/s1. The molecular weight excluding hydrogens is 214 g/mol. The van der Waals surface area contributed by atoms with Crippen LogP contribution in [0.25, 0.3) is 0 Å². The summed E-state index contributed by atoms with van der Waals surface area (Å²) in [5.41, 5.74) is 2.12. The van der Waals surface area contributed by atoms with E-state index in [1.54, 1.807) is 0 Å². The minimum Gasteiger partial charge on any atom is -0.366 e. The Morgan fingerprint density at radius 1 is 1.59 bits per heavy atom. The van der Waals surface area contributed by atoms with E-state index in [0.717, 1.165) is 31.3 Å². The van der Waals surface area contributed by atoms with E-state index in [4.69, 9.17) is 4.74 Å². The van der Waals surface area contributed by atoms with Crippen LogP contribution in [0.4, 0.5) is 0 Å². The number of aromatic nitrogens is 2. The summed E-state index contributed by atoms with van der Waals surface area (Å²) in [6.45, 7) is 8.37. The van der Waals surface area contributed by atoms with E-state index < -0.39 is 0 Å². The van der Waals surface area contributed by atoms with Gasteiger partial charge in [-0.3, -0.25) is 10.00 Å². The van der Waals surface area contributed by atoms with E-state index in [0.29, 0.717) is 0 Å². The summed E-state index contributed by atoms with van der Waals surface area (Å²) >= 11 is 0. The molecule has 2 fully saturated rings. The maximum absolute atomic E-state index is 6.01. The second-order valence-electron chi connectivity index (χ2n) is 5.69. The number of morpholine rings is 1. The van der Waals surface area contributed by atoms with Gasteiger partial charge in [0.2, 0.25) is 0 Å². The van der Waals surface area contributed by atoms with E-state index in [1.807, 2.05) is 6.20 Å². The van der Waals surface area contributed by atoms with Gasteiger partial charge < -0.3 is 4.74 Å². The van der Waals surface area contributed by atoms with Crippen molar-refractivity contribution in [3.63, 3.8) is 0 Å². The Labute approximate surface area is 102 Å².